The molecular formula is C32H31F3N4O5. The molecule has 3 aromatic rings. The van der Waals surface area contributed by atoms with Gasteiger partial charge in [-0.25, -0.2) is 4.79 Å². The Kier molecular flexibility index (Phi) is 8.91. The average Bonchev–Trinajstić information content (AvgIpc) is 3.03. The van der Waals surface area contributed by atoms with Crippen molar-refractivity contribution in [3.8, 4) is 5.75 Å². The van der Waals surface area contributed by atoms with Gasteiger partial charge in [-0.05, 0) is 60.5 Å². The van der Waals surface area contributed by atoms with E-state index in [0.29, 0.717) is 48.9 Å². The van der Waals surface area contributed by atoms with E-state index in [0.717, 1.165) is 17.7 Å². The number of benzene rings is 3. The third kappa shape index (κ3) is 6.70. The standard InChI is InChI=1S/C32H31F3N4O5/c1-20-27(29(40)36-25-5-3-4-24(18-25)32(33,34)35)28(37-31(42)39(20)19-21-6-12-26(43-2)13-7-21)22-8-10-23(11-9-22)30(41)38-14-16-44-17-15-38/h3-13,18,28H,14-17,19H2,1-2H3,(H,36,40)(H,37,42). The predicted octanol–water partition coefficient (Wildman–Crippen LogP) is 5.37. The van der Waals surface area contributed by atoms with Crippen LogP contribution in [0.5, 0.6) is 5.75 Å². The molecule has 9 nitrogen and oxygen atoms in total. The summed E-state index contributed by atoms with van der Waals surface area (Å²) in [6.45, 7) is 3.61. The van der Waals surface area contributed by atoms with Crippen molar-refractivity contribution in [1.29, 1.82) is 0 Å². The number of allylic oxidation sites excluding steroid dienone is 1. The number of anilines is 1. The number of ether oxygens (including phenoxy) is 2. The maximum absolute atomic E-state index is 13.8. The average molecular weight is 609 g/mol. The Morgan fingerprint density at radius 1 is 1.02 bits per heavy atom. The van der Waals surface area contributed by atoms with Gasteiger partial charge in [0.05, 0.1) is 44.0 Å². The van der Waals surface area contributed by atoms with Gasteiger partial charge < -0.3 is 25.0 Å². The zero-order valence-electron chi connectivity index (χ0n) is 24.1. The highest BCUT2D eigenvalue weighted by molar-refractivity contribution is 6.07. The van der Waals surface area contributed by atoms with Crippen molar-refractivity contribution in [3.63, 3.8) is 0 Å². The van der Waals surface area contributed by atoms with Gasteiger partial charge in [-0.3, -0.25) is 14.5 Å². The fourth-order valence-corrected chi connectivity index (χ4v) is 5.17. The molecule has 44 heavy (non-hydrogen) atoms. The van der Waals surface area contributed by atoms with E-state index in [1.165, 1.54) is 17.0 Å². The van der Waals surface area contributed by atoms with Crippen LogP contribution in [0.1, 0.15) is 40.0 Å². The van der Waals surface area contributed by atoms with E-state index in [4.69, 9.17) is 9.47 Å². The molecule has 2 heterocycles. The smallest absolute Gasteiger partial charge is 0.416 e. The summed E-state index contributed by atoms with van der Waals surface area (Å²) in [5.74, 6) is -0.201. The number of rotatable bonds is 7. The van der Waals surface area contributed by atoms with Gasteiger partial charge in [-0.15, -0.1) is 0 Å². The number of morpholine rings is 1. The van der Waals surface area contributed by atoms with Gasteiger partial charge >= 0.3 is 12.2 Å². The highest BCUT2D eigenvalue weighted by Crippen LogP contribution is 2.34. The summed E-state index contributed by atoms with van der Waals surface area (Å²) in [7, 11) is 1.54. The molecule has 0 saturated carbocycles. The number of carbonyl (C=O) groups excluding carboxylic acids is 3. The molecule has 1 saturated heterocycles. The summed E-state index contributed by atoms with van der Waals surface area (Å²) < 4.78 is 50.6. The molecule has 2 aliphatic heterocycles. The maximum Gasteiger partial charge on any atom is 0.416 e. The van der Waals surface area contributed by atoms with E-state index < -0.39 is 29.7 Å². The number of nitrogens with zero attached hydrogens (tertiary/aromatic N) is 2. The van der Waals surface area contributed by atoms with Gasteiger partial charge in [0.15, 0.2) is 0 Å². The van der Waals surface area contributed by atoms with E-state index >= 15 is 0 Å². The predicted molar refractivity (Wildman–Crippen MR) is 156 cm³/mol. The molecule has 4 amide bonds. The first-order chi connectivity index (χ1) is 21.0. The van der Waals surface area contributed by atoms with Crippen LogP contribution in [0.2, 0.25) is 0 Å². The van der Waals surface area contributed by atoms with Crippen LogP contribution in [-0.2, 0) is 22.3 Å². The molecule has 0 aliphatic carbocycles. The third-order valence-corrected chi connectivity index (χ3v) is 7.58. The zero-order chi connectivity index (χ0) is 31.4. The SMILES string of the molecule is COc1ccc(CN2C(=O)NC(c3ccc(C(=O)N4CCOCC4)cc3)C(C(=O)Nc3cccc(C(F)(F)F)c3)=C2C)cc1. The molecule has 2 aliphatic rings. The zero-order valence-corrected chi connectivity index (χ0v) is 24.1. The van der Waals surface area contributed by atoms with Crippen molar-refractivity contribution in [3.05, 3.63) is 106 Å². The van der Waals surface area contributed by atoms with Gasteiger partial charge in [-0.2, -0.15) is 13.2 Å². The van der Waals surface area contributed by atoms with E-state index in [-0.39, 0.29) is 23.7 Å². The summed E-state index contributed by atoms with van der Waals surface area (Å²) in [6.07, 6.45) is -4.59. The first-order valence-electron chi connectivity index (χ1n) is 13.9. The molecule has 1 fully saturated rings. The van der Waals surface area contributed by atoms with Crippen molar-refractivity contribution in [1.82, 2.24) is 15.1 Å². The van der Waals surface area contributed by atoms with Gasteiger partial charge in [0.2, 0.25) is 0 Å². The number of hydrogen-bond donors (Lipinski definition) is 2. The quantitative estimate of drug-likeness (QED) is 0.376. The summed E-state index contributed by atoms with van der Waals surface area (Å²) in [4.78, 5) is 43.2. The Morgan fingerprint density at radius 2 is 1.70 bits per heavy atom. The van der Waals surface area contributed by atoms with Gasteiger partial charge in [0, 0.05) is 30.0 Å². The highest BCUT2D eigenvalue weighted by Gasteiger charge is 2.36. The Bertz CT molecular complexity index is 1570. The summed E-state index contributed by atoms with van der Waals surface area (Å²) >= 11 is 0. The van der Waals surface area contributed by atoms with Gasteiger partial charge in [0.25, 0.3) is 11.8 Å². The lowest BCUT2D eigenvalue weighted by Crippen LogP contribution is -2.48. The molecule has 0 aromatic heterocycles. The summed E-state index contributed by atoms with van der Waals surface area (Å²) in [6, 6.07) is 16.6. The molecule has 2 N–H and O–H groups in total. The van der Waals surface area contributed by atoms with Crippen molar-refractivity contribution in [2.75, 3.05) is 38.7 Å². The molecule has 1 atom stereocenters. The topological polar surface area (TPSA) is 100 Å². The molecule has 12 heteroatoms. The first-order valence-corrected chi connectivity index (χ1v) is 13.9. The van der Waals surface area contributed by atoms with E-state index in [2.05, 4.69) is 10.6 Å². The first kappa shape index (κ1) is 30.6. The Hall–Kier alpha value is -4.84. The number of urea groups is 1. The van der Waals surface area contributed by atoms with Crippen LogP contribution in [0, 0.1) is 0 Å². The minimum Gasteiger partial charge on any atom is -0.497 e. The summed E-state index contributed by atoms with van der Waals surface area (Å²) in [5.41, 5.74) is 1.24. The number of methoxy groups -OCH3 is 1. The normalized spacial score (nSPS) is 17.3. The number of halogens is 3. The van der Waals surface area contributed by atoms with E-state index in [1.807, 2.05) is 0 Å². The molecular weight excluding hydrogens is 577 g/mol. The molecule has 3 aromatic carbocycles. The van der Waals surface area contributed by atoms with Crippen LogP contribution < -0.4 is 15.4 Å². The van der Waals surface area contributed by atoms with Gasteiger partial charge in [-0.1, -0.05) is 30.3 Å². The van der Waals surface area contributed by atoms with E-state index in [9.17, 15) is 27.6 Å². The number of hydrogen-bond acceptors (Lipinski definition) is 5. The molecule has 0 spiro atoms. The molecule has 1 unspecified atom stereocenters. The lowest BCUT2D eigenvalue weighted by molar-refractivity contribution is -0.137. The molecule has 230 valence electrons. The minimum absolute atomic E-state index is 0.0473. The second-order valence-electron chi connectivity index (χ2n) is 10.4. The second kappa shape index (κ2) is 12.8. The Labute approximate surface area is 252 Å². The van der Waals surface area contributed by atoms with Crippen molar-refractivity contribution in [2.24, 2.45) is 0 Å². The third-order valence-electron chi connectivity index (χ3n) is 7.58. The van der Waals surface area contributed by atoms with Crippen LogP contribution >= 0.6 is 0 Å². The minimum atomic E-state index is -4.59. The maximum atomic E-state index is 13.8. The lowest BCUT2D eigenvalue weighted by atomic mass is 9.93. The van der Waals surface area contributed by atoms with Crippen LogP contribution in [-0.4, -0.2) is 61.1 Å². The largest absolute Gasteiger partial charge is 0.497 e. The number of amides is 4. The summed E-state index contributed by atoms with van der Waals surface area (Å²) in [5, 5.41) is 5.45. The second-order valence-corrected chi connectivity index (χ2v) is 10.4. The molecule has 5 rings (SSSR count). The molecule has 0 bridgehead atoms. The van der Waals surface area contributed by atoms with Crippen LogP contribution in [0.3, 0.4) is 0 Å². The Morgan fingerprint density at radius 3 is 2.34 bits per heavy atom. The van der Waals surface area contributed by atoms with Crippen molar-refractivity contribution in [2.45, 2.75) is 25.7 Å². The van der Waals surface area contributed by atoms with Crippen LogP contribution in [0.4, 0.5) is 23.7 Å². The van der Waals surface area contributed by atoms with Crippen LogP contribution in [0.25, 0.3) is 0 Å². The number of alkyl halides is 3. The van der Waals surface area contributed by atoms with Crippen LogP contribution in [0.15, 0.2) is 84.1 Å². The fraction of sp³-hybridized carbons (Fsp3) is 0.281. The lowest BCUT2D eigenvalue weighted by Gasteiger charge is -2.36. The van der Waals surface area contributed by atoms with E-state index in [1.54, 1.807) is 67.5 Å². The number of carbonyl (C=O) groups is 3. The highest BCUT2D eigenvalue weighted by atomic mass is 19.4. The molecule has 0 radical (unpaired) electrons. The van der Waals surface area contributed by atoms with Crippen molar-refractivity contribution >= 4 is 23.5 Å². The fourth-order valence-electron chi connectivity index (χ4n) is 5.17. The monoisotopic (exact) mass is 608 g/mol. The van der Waals surface area contributed by atoms with Gasteiger partial charge in [0.1, 0.15) is 5.75 Å². The number of nitrogens with one attached hydrogen (secondary N) is 2. The Balaban J connectivity index is 1.48. The van der Waals surface area contributed by atoms with Crippen molar-refractivity contribution < 1.29 is 37.0 Å².